The summed E-state index contributed by atoms with van der Waals surface area (Å²) in [7, 11) is 4.00. The standard InChI is InChI=1S/C12H15N5S2/c1-17(2)8-5-3-7(4-6-8)15-12-16-10(13)9(19-12)11(14)18/h3-6H,13H2,1-2H3,(H2,14,18)(H,15,16). The third-order valence-corrected chi connectivity index (χ3v) is 3.87. The molecule has 2 aromatic rings. The van der Waals surface area contributed by atoms with Crippen LogP contribution in [0, 0.1) is 0 Å². The van der Waals surface area contributed by atoms with Gasteiger partial charge in [-0.1, -0.05) is 23.6 Å². The van der Waals surface area contributed by atoms with E-state index in [-0.39, 0.29) is 4.99 Å². The number of thiocarbonyl (C=S) groups is 1. The largest absolute Gasteiger partial charge is 0.389 e. The SMILES string of the molecule is CN(C)c1ccc(Nc2nc(N)c(C(N)=S)s2)cc1. The minimum atomic E-state index is 0.269. The smallest absolute Gasteiger partial charge is 0.189 e. The second-order valence-electron chi connectivity index (χ2n) is 4.16. The molecule has 0 bridgehead atoms. The number of nitrogens with two attached hydrogens (primary N) is 2. The van der Waals surface area contributed by atoms with E-state index >= 15 is 0 Å². The molecule has 0 aliphatic heterocycles. The van der Waals surface area contributed by atoms with Crippen LogP contribution in [0.1, 0.15) is 4.88 Å². The molecule has 1 aromatic carbocycles. The number of nitrogen functional groups attached to an aromatic ring is 1. The molecule has 19 heavy (non-hydrogen) atoms. The number of thiazole rings is 1. The Hall–Kier alpha value is -1.86. The molecule has 0 aliphatic carbocycles. The average Bonchev–Trinajstić information content (AvgIpc) is 2.71. The van der Waals surface area contributed by atoms with Crippen molar-refractivity contribution in [3.8, 4) is 0 Å². The fourth-order valence-corrected chi connectivity index (χ4v) is 2.51. The fourth-order valence-electron chi connectivity index (χ4n) is 1.53. The molecule has 0 atom stereocenters. The van der Waals surface area contributed by atoms with Crippen LogP contribution < -0.4 is 21.7 Å². The van der Waals surface area contributed by atoms with Crippen molar-refractivity contribution < 1.29 is 0 Å². The summed E-state index contributed by atoms with van der Waals surface area (Å²) in [6, 6.07) is 8.00. The lowest BCUT2D eigenvalue weighted by Crippen LogP contribution is -2.09. The second-order valence-corrected chi connectivity index (χ2v) is 5.60. The van der Waals surface area contributed by atoms with Gasteiger partial charge in [0.1, 0.15) is 15.7 Å². The first kappa shape index (κ1) is 13.6. The van der Waals surface area contributed by atoms with Gasteiger partial charge in [0, 0.05) is 25.5 Å². The van der Waals surface area contributed by atoms with Gasteiger partial charge in [-0.15, -0.1) is 0 Å². The highest BCUT2D eigenvalue weighted by Crippen LogP contribution is 2.28. The Morgan fingerprint density at radius 3 is 2.42 bits per heavy atom. The first-order valence-corrected chi connectivity index (χ1v) is 6.80. The number of anilines is 4. The number of aromatic nitrogens is 1. The second kappa shape index (κ2) is 5.41. The quantitative estimate of drug-likeness (QED) is 0.750. The summed E-state index contributed by atoms with van der Waals surface area (Å²) in [5.74, 6) is 0.366. The van der Waals surface area contributed by atoms with Crippen molar-refractivity contribution in [1.29, 1.82) is 0 Å². The van der Waals surface area contributed by atoms with E-state index in [4.69, 9.17) is 23.7 Å². The molecule has 0 saturated carbocycles. The normalized spacial score (nSPS) is 10.2. The van der Waals surface area contributed by atoms with Gasteiger partial charge in [-0.05, 0) is 24.3 Å². The third-order valence-electron chi connectivity index (χ3n) is 2.51. The molecule has 0 saturated heterocycles. The van der Waals surface area contributed by atoms with Crippen LogP contribution in [0.15, 0.2) is 24.3 Å². The highest BCUT2D eigenvalue weighted by Gasteiger charge is 2.10. The number of rotatable bonds is 4. The van der Waals surface area contributed by atoms with Crippen molar-refractivity contribution in [3.05, 3.63) is 29.1 Å². The van der Waals surface area contributed by atoms with Crippen LogP contribution in [0.25, 0.3) is 0 Å². The number of hydrogen-bond donors (Lipinski definition) is 3. The maximum atomic E-state index is 5.74. The summed E-state index contributed by atoms with van der Waals surface area (Å²) in [5, 5.41) is 3.86. The van der Waals surface area contributed by atoms with Crippen molar-refractivity contribution in [1.82, 2.24) is 4.98 Å². The van der Waals surface area contributed by atoms with Crippen LogP contribution in [0.4, 0.5) is 22.3 Å². The molecule has 1 heterocycles. The maximum absolute atomic E-state index is 5.74. The molecule has 100 valence electrons. The lowest BCUT2D eigenvalue weighted by molar-refractivity contribution is 1.13. The van der Waals surface area contributed by atoms with Crippen molar-refractivity contribution in [3.63, 3.8) is 0 Å². The molecule has 7 heteroatoms. The molecule has 0 spiro atoms. The molecule has 5 nitrogen and oxygen atoms in total. The molecular weight excluding hydrogens is 278 g/mol. The molecular formula is C12H15N5S2. The van der Waals surface area contributed by atoms with Crippen molar-refractivity contribution in [2.24, 2.45) is 5.73 Å². The molecule has 0 unspecified atom stereocenters. The van der Waals surface area contributed by atoms with Crippen LogP contribution in [-0.4, -0.2) is 24.1 Å². The fraction of sp³-hybridized carbons (Fsp3) is 0.167. The van der Waals surface area contributed by atoms with Crippen LogP contribution in [0.5, 0.6) is 0 Å². The van der Waals surface area contributed by atoms with Crippen LogP contribution in [0.3, 0.4) is 0 Å². The Balaban J connectivity index is 2.17. The van der Waals surface area contributed by atoms with Crippen LogP contribution in [0.2, 0.25) is 0 Å². The van der Waals surface area contributed by atoms with Gasteiger partial charge in [-0.25, -0.2) is 4.98 Å². The molecule has 1 aromatic heterocycles. The number of nitrogens with zero attached hydrogens (tertiary/aromatic N) is 2. The van der Waals surface area contributed by atoms with E-state index in [1.807, 2.05) is 43.3 Å². The Bertz CT molecular complexity index is 589. The summed E-state index contributed by atoms with van der Waals surface area (Å²) in [5.41, 5.74) is 13.4. The predicted octanol–water partition coefficient (Wildman–Crippen LogP) is 2.17. The summed E-state index contributed by atoms with van der Waals surface area (Å²) in [6.45, 7) is 0. The molecule has 0 aliphatic rings. The number of hydrogen-bond acceptors (Lipinski definition) is 6. The van der Waals surface area contributed by atoms with Gasteiger partial charge in [-0.3, -0.25) is 0 Å². The number of nitrogens with one attached hydrogen (secondary N) is 1. The van der Waals surface area contributed by atoms with Crippen LogP contribution >= 0.6 is 23.6 Å². The van der Waals surface area contributed by atoms with Gasteiger partial charge in [0.25, 0.3) is 0 Å². The summed E-state index contributed by atoms with van der Waals surface area (Å²) >= 11 is 6.26. The number of benzene rings is 1. The lowest BCUT2D eigenvalue weighted by Gasteiger charge is -2.12. The van der Waals surface area contributed by atoms with Crippen LogP contribution in [-0.2, 0) is 0 Å². The van der Waals surface area contributed by atoms with Gasteiger partial charge in [0.15, 0.2) is 5.13 Å². The third kappa shape index (κ3) is 3.12. The monoisotopic (exact) mass is 293 g/mol. The van der Waals surface area contributed by atoms with E-state index in [2.05, 4.69) is 10.3 Å². The minimum absolute atomic E-state index is 0.269. The molecule has 5 N–H and O–H groups in total. The minimum Gasteiger partial charge on any atom is -0.389 e. The predicted molar refractivity (Wildman–Crippen MR) is 86.5 cm³/mol. The van der Waals surface area contributed by atoms with E-state index in [1.54, 1.807) is 0 Å². The van der Waals surface area contributed by atoms with E-state index in [1.165, 1.54) is 11.3 Å². The molecule has 0 radical (unpaired) electrons. The highest BCUT2D eigenvalue weighted by atomic mass is 32.1. The summed E-state index contributed by atoms with van der Waals surface area (Å²) in [4.78, 5) is 7.14. The summed E-state index contributed by atoms with van der Waals surface area (Å²) < 4.78 is 0. The van der Waals surface area contributed by atoms with Gasteiger partial charge in [-0.2, -0.15) is 0 Å². The van der Waals surface area contributed by atoms with Crippen molar-refractivity contribution in [2.45, 2.75) is 0 Å². The van der Waals surface area contributed by atoms with E-state index in [9.17, 15) is 0 Å². The van der Waals surface area contributed by atoms with Gasteiger partial charge >= 0.3 is 0 Å². The zero-order chi connectivity index (χ0) is 14.0. The van der Waals surface area contributed by atoms with E-state index < -0.39 is 0 Å². The zero-order valence-corrected chi connectivity index (χ0v) is 12.3. The topological polar surface area (TPSA) is 80.2 Å². The highest BCUT2D eigenvalue weighted by molar-refractivity contribution is 7.81. The Labute approximate surface area is 121 Å². The first-order valence-electron chi connectivity index (χ1n) is 5.58. The molecule has 0 fully saturated rings. The zero-order valence-electron chi connectivity index (χ0n) is 10.7. The van der Waals surface area contributed by atoms with Gasteiger partial charge in [0.05, 0.1) is 0 Å². The maximum Gasteiger partial charge on any atom is 0.189 e. The van der Waals surface area contributed by atoms with E-state index in [0.29, 0.717) is 15.8 Å². The molecule has 0 amide bonds. The summed E-state index contributed by atoms with van der Waals surface area (Å²) in [6.07, 6.45) is 0. The van der Waals surface area contributed by atoms with Gasteiger partial charge < -0.3 is 21.7 Å². The Kier molecular flexibility index (Phi) is 3.87. The van der Waals surface area contributed by atoms with Crippen molar-refractivity contribution in [2.75, 3.05) is 30.0 Å². The first-order chi connectivity index (χ1) is 8.97. The van der Waals surface area contributed by atoms with Gasteiger partial charge in [0.2, 0.25) is 0 Å². The molecule has 2 rings (SSSR count). The average molecular weight is 293 g/mol. The van der Waals surface area contributed by atoms with E-state index in [0.717, 1.165) is 11.4 Å². The Morgan fingerprint density at radius 1 is 1.32 bits per heavy atom. The lowest BCUT2D eigenvalue weighted by atomic mass is 10.2. The van der Waals surface area contributed by atoms with Crippen molar-refractivity contribution >= 4 is 50.9 Å². The Morgan fingerprint density at radius 2 is 1.95 bits per heavy atom.